The molecule has 3 unspecified atom stereocenters. The summed E-state index contributed by atoms with van der Waals surface area (Å²) in [4.78, 5) is 0. The molecule has 2 aliphatic heterocycles. The van der Waals surface area contributed by atoms with E-state index in [1.165, 1.54) is 0 Å². The summed E-state index contributed by atoms with van der Waals surface area (Å²) in [5, 5.41) is 10.3. The third-order valence-corrected chi connectivity index (χ3v) is 5.71. The molecule has 3 rings (SSSR count). The van der Waals surface area contributed by atoms with Gasteiger partial charge < -0.3 is 19.3 Å². The number of benzene rings is 1. The molecule has 0 bridgehead atoms. The van der Waals surface area contributed by atoms with Crippen molar-refractivity contribution in [2.75, 3.05) is 31.8 Å². The maximum atomic E-state index is 9.53. The highest BCUT2D eigenvalue weighted by Crippen LogP contribution is 2.37. The van der Waals surface area contributed by atoms with Crippen LogP contribution in [0.3, 0.4) is 0 Å². The topological polar surface area (TPSA) is 54.5 Å². The highest BCUT2D eigenvalue weighted by molar-refractivity contribution is 9.12. The van der Waals surface area contributed by atoms with Gasteiger partial charge in [-0.25, -0.2) is 0 Å². The molecule has 0 radical (unpaired) electrons. The van der Waals surface area contributed by atoms with Gasteiger partial charge in [0.15, 0.2) is 0 Å². The summed E-state index contributed by atoms with van der Waals surface area (Å²) in [5.41, 5.74) is 0.905. The van der Waals surface area contributed by atoms with Crippen LogP contribution in [-0.2, 0) is 18.5 Å². The number of halogens is 2. The number of alkyl halides is 2. The Morgan fingerprint density at radius 1 is 1.24 bits per heavy atom. The van der Waals surface area contributed by atoms with Crippen LogP contribution in [0.1, 0.15) is 12.5 Å². The first-order valence-corrected chi connectivity index (χ1v) is 8.78. The Morgan fingerprint density at radius 3 is 2.19 bits per heavy atom. The molecule has 3 atom stereocenters. The molecule has 0 spiro atoms. The van der Waals surface area contributed by atoms with E-state index in [0.717, 1.165) is 37.3 Å². The summed E-state index contributed by atoms with van der Waals surface area (Å²) in [6.07, 6.45) is 0.785. The summed E-state index contributed by atoms with van der Waals surface area (Å²) in [6.45, 7) is 5.27. The van der Waals surface area contributed by atoms with Gasteiger partial charge in [0.1, 0.15) is 18.0 Å². The Hall–Kier alpha value is -0.140. The second-order valence-corrected chi connectivity index (χ2v) is 7.61. The van der Waals surface area contributed by atoms with Crippen LogP contribution in [0.25, 0.3) is 0 Å². The van der Waals surface area contributed by atoms with Gasteiger partial charge in [0.05, 0.1) is 30.8 Å². The molecule has 21 heavy (non-hydrogen) atoms. The molecule has 1 aromatic rings. The highest BCUT2D eigenvalue weighted by Gasteiger charge is 2.26. The molecule has 1 aromatic carbocycles. The zero-order valence-corrected chi connectivity index (χ0v) is 15.1. The molecule has 4 nitrogen and oxygen atoms in total. The van der Waals surface area contributed by atoms with Gasteiger partial charge in [0.2, 0.25) is 0 Å². The van der Waals surface area contributed by atoms with Crippen LogP contribution in [-0.4, -0.2) is 49.1 Å². The van der Waals surface area contributed by atoms with Crippen LogP contribution in [0, 0.1) is 0 Å². The number of phenols is 1. The van der Waals surface area contributed by atoms with Crippen molar-refractivity contribution in [3.05, 3.63) is 29.8 Å². The Kier molecular flexibility index (Phi) is 6.50. The molecule has 0 aromatic heterocycles. The summed E-state index contributed by atoms with van der Waals surface area (Å²) in [5.74, 6) is 0.330. The van der Waals surface area contributed by atoms with Crippen molar-refractivity contribution < 1.29 is 19.3 Å². The van der Waals surface area contributed by atoms with Crippen LogP contribution < -0.4 is 0 Å². The maximum absolute atomic E-state index is 9.53. The fourth-order valence-electron chi connectivity index (χ4n) is 1.65. The minimum absolute atomic E-state index is 0.196. The molecule has 2 heterocycles. The number of aromatic hydroxyl groups is 1. The van der Waals surface area contributed by atoms with Crippen LogP contribution in [0.15, 0.2) is 24.3 Å². The second kappa shape index (κ2) is 7.92. The Labute approximate surface area is 142 Å². The van der Waals surface area contributed by atoms with E-state index in [2.05, 4.69) is 31.9 Å². The van der Waals surface area contributed by atoms with E-state index in [1.807, 2.05) is 25.1 Å². The molecule has 6 heteroatoms. The lowest BCUT2D eigenvalue weighted by Gasteiger charge is -2.20. The van der Waals surface area contributed by atoms with Crippen LogP contribution in [0.2, 0.25) is 0 Å². The summed E-state index contributed by atoms with van der Waals surface area (Å²) >= 11 is 6.92. The highest BCUT2D eigenvalue weighted by atomic mass is 79.9. The van der Waals surface area contributed by atoms with E-state index in [0.29, 0.717) is 18.0 Å². The van der Waals surface area contributed by atoms with Gasteiger partial charge in [-0.15, -0.1) is 0 Å². The van der Waals surface area contributed by atoms with Crippen molar-refractivity contribution in [3.8, 4) is 5.75 Å². The summed E-state index contributed by atoms with van der Waals surface area (Å²) in [6, 6.07) is 7.33. The number of hydrogen-bond donors (Lipinski definition) is 1. The van der Waals surface area contributed by atoms with Crippen molar-refractivity contribution in [2.24, 2.45) is 0 Å². The van der Waals surface area contributed by atoms with E-state index in [4.69, 9.17) is 14.2 Å². The fraction of sp³-hybridized carbons (Fsp3) is 0.600. The van der Waals surface area contributed by atoms with E-state index in [-0.39, 0.29) is 4.32 Å². The summed E-state index contributed by atoms with van der Waals surface area (Å²) < 4.78 is 14.9. The first-order valence-electron chi connectivity index (χ1n) is 6.87. The molecule has 0 amide bonds. The molecule has 2 fully saturated rings. The average molecular weight is 424 g/mol. The zero-order valence-electron chi connectivity index (χ0n) is 11.9. The minimum Gasteiger partial charge on any atom is -0.508 e. The van der Waals surface area contributed by atoms with E-state index in [9.17, 15) is 5.11 Å². The van der Waals surface area contributed by atoms with Gasteiger partial charge in [-0.2, -0.15) is 0 Å². The summed E-state index contributed by atoms with van der Waals surface area (Å²) in [7, 11) is 0. The predicted molar refractivity (Wildman–Crippen MR) is 88.5 cm³/mol. The quantitative estimate of drug-likeness (QED) is 0.563. The van der Waals surface area contributed by atoms with Gasteiger partial charge in [-0.05, 0) is 13.0 Å². The Morgan fingerprint density at radius 2 is 1.76 bits per heavy atom. The number of epoxide rings is 2. The molecule has 2 aliphatic rings. The number of ether oxygens (including phenoxy) is 3. The van der Waals surface area contributed by atoms with Gasteiger partial charge in [0.25, 0.3) is 0 Å². The monoisotopic (exact) mass is 422 g/mol. The zero-order chi connectivity index (χ0) is 15.3. The second-order valence-electron chi connectivity index (χ2n) is 5.30. The number of rotatable bonds is 6. The van der Waals surface area contributed by atoms with Crippen molar-refractivity contribution >= 4 is 31.9 Å². The normalized spacial score (nSPS) is 25.5. The van der Waals surface area contributed by atoms with Crippen LogP contribution >= 0.6 is 31.9 Å². The molecular weight excluding hydrogens is 404 g/mol. The van der Waals surface area contributed by atoms with E-state index < -0.39 is 0 Å². The third-order valence-electron chi connectivity index (χ3n) is 3.13. The first-order chi connectivity index (χ1) is 10.0. The largest absolute Gasteiger partial charge is 0.508 e. The minimum atomic E-state index is -0.196. The van der Waals surface area contributed by atoms with Crippen molar-refractivity contribution in [1.82, 2.24) is 0 Å². The lowest BCUT2D eigenvalue weighted by atomic mass is 10.0. The Balaban J connectivity index is 0.000000159. The van der Waals surface area contributed by atoms with Crippen molar-refractivity contribution in [3.63, 3.8) is 0 Å². The first kappa shape index (κ1) is 17.2. The number of para-hydroxylation sites is 1. The van der Waals surface area contributed by atoms with Crippen LogP contribution in [0.4, 0.5) is 0 Å². The molecular formula is C15H20Br2O4. The molecule has 0 saturated carbocycles. The lowest BCUT2D eigenvalue weighted by molar-refractivity contribution is 0.102. The number of phenolic OH excluding ortho intramolecular Hbond substituents is 1. The molecule has 0 aliphatic carbocycles. The van der Waals surface area contributed by atoms with E-state index >= 15 is 0 Å². The van der Waals surface area contributed by atoms with Crippen molar-refractivity contribution in [1.29, 1.82) is 0 Å². The lowest BCUT2D eigenvalue weighted by Crippen LogP contribution is -2.14. The SMILES string of the molecule is C(OCC1CO1)C1CO1.CC(Br)(CBr)c1ccccc1O. The predicted octanol–water partition coefficient (Wildman–Crippen LogP) is 3.20. The molecule has 2 saturated heterocycles. The average Bonchev–Trinajstić information content (AvgIpc) is 3.35. The third kappa shape index (κ3) is 6.24. The van der Waals surface area contributed by atoms with Gasteiger partial charge in [-0.3, -0.25) is 0 Å². The standard InChI is InChI=1S/C9H10Br2O.C6H10O3/c1-9(11,6-10)7-4-2-3-5-8(7)12;1(5-3-8-5)7-2-6-4-9-6/h2-5,12H,6H2,1H3;5-6H,1-4H2. The van der Waals surface area contributed by atoms with Gasteiger partial charge in [0, 0.05) is 10.9 Å². The smallest absolute Gasteiger partial charge is 0.120 e. The maximum Gasteiger partial charge on any atom is 0.120 e. The molecule has 118 valence electrons. The van der Waals surface area contributed by atoms with Gasteiger partial charge >= 0.3 is 0 Å². The Bertz CT molecular complexity index is 433. The van der Waals surface area contributed by atoms with Gasteiger partial charge in [-0.1, -0.05) is 50.1 Å². The molecule has 1 N–H and O–H groups in total. The van der Waals surface area contributed by atoms with Crippen LogP contribution in [0.5, 0.6) is 5.75 Å². The van der Waals surface area contributed by atoms with E-state index in [1.54, 1.807) is 6.07 Å². The van der Waals surface area contributed by atoms with Crippen molar-refractivity contribution in [2.45, 2.75) is 23.5 Å². The fourth-order valence-corrected chi connectivity index (χ4v) is 2.28. The number of hydrogen-bond acceptors (Lipinski definition) is 4.